The van der Waals surface area contributed by atoms with E-state index in [4.69, 9.17) is 0 Å². The predicted octanol–water partition coefficient (Wildman–Crippen LogP) is 1.40. The zero-order chi connectivity index (χ0) is 12.1. The summed E-state index contributed by atoms with van der Waals surface area (Å²) in [6.45, 7) is 2.81. The van der Waals surface area contributed by atoms with E-state index in [2.05, 4.69) is 17.3 Å². The van der Waals surface area contributed by atoms with Gasteiger partial charge in [0.1, 0.15) is 0 Å². The first-order chi connectivity index (χ1) is 8.27. The average molecular weight is 234 g/mol. The SMILES string of the molecule is CN1CCCC1CNCC(O)c1ccccc1. The Kier molecular flexibility index (Phi) is 4.54. The summed E-state index contributed by atoms with van der Waals surface area (Å²) in [5.74, 6) is 0. The zero-order valence-corrected chi connectivity index (χ0v) is 10.5. The minimum atomic E-state index is -0.400. The molecule has 0 bridgehead atoms. The van der Waals surface area contributed by atoms with Gasteiger partial charge in [-0.1, -0.05) is 30.3 Å². The maximum atomic E-state index is 9.98. The summed E-state index contributed by atoms with van der Waals surface area (Å²) in [5.41, 5.74) is 0.986. The van der Waals surface area contributed by atoms with Crippen LogP contribution in [0, 0.1) is 0 Å². The number of nitrogens with zero attached hydrogens (tertiary/aromatic N) is 1. The molecule has 3 heteroatoms. The number of aliphatic hydroxyl groups is 1. The van der Waals surface area contributed by atoms with Crippen LogP contribution in [0.4, 0.5) is 0 Å². The number of hydrogen-bond acceptors (Lipinski definition) is 3. The fraction of sp³-hybridized carbons (Fsp3) is 0.571. The Balaban J connectivity index is 1.71. The van der Waals surface area contributed by atoms with E-state index in [1.54, 1.807) is 0 Å². The minimum absolute atomic E-state index is 0.400. The largest absolute Gasteiger partial charge is 0.387 e. The molecular formula is C14H22N2O. The molecule has 0 amide bonds. The standard InChI is InChI=1S/C14H22N2O/c1-16-9-5-8-13(16)10-15-11-14(17)12-6-3-2-4-7-12/h2-4,6-7,13-15,17H,5,8-11H2,1H3. The summed E-state index contributed by atoms with van der Waals surface area (Å²) in [6, 6.07) is 10.5. The van der Waals surface area contributed by atoms with Crippen molar-refractivity contribution in [3.8, 4) is 0 Å². The lowest BCUT2D eigenvalue weighted by molar-refractivity contribution is 0.170. The lowest BCUT2D eigenvalue weighted by atomic mass is 10.1. The number of rotatable bonds is 5. The van der Waals surface area contributed by atoms with Gasteiger partial charge in [0.05, 0.1) is 6.10 Å². The van der Waals surface area contributed by atoms with Crippen molar-refractivity contribution in [2.45, 2.75) is 25.0 Å². The summed E-state index contributed by atoms with van der Waals surface area (Å²) in [7, 11) is 2.17. The van der Waals surface area contributed by atoms with E-state index in [9.17, 15) is 5.11 Å². The Morgan fingerprint density at radius 1 is 1.41 bits per heavy atom. The lowest BCUT2D eigenvalue weighted by Gasteiger charge is -2.21. The van der Waals surface area contributed by atoms with Crippen LogP contribution in [0.1, 0.15) is 24.5 Å². The Bertz CT molecular complexity index is 328. The maximum Gasteiger partial charge on any atom is 0.0914 e. The van der Waals surface area contributed by atoms with Gasteiger partial charge in [-0.25, -0.2) is 0 Å². The van der Waals surface area contributed by atoms with Crippen molar-refractivity contribution in [1.82, 2.24) is 10.2 Å². The van der Waals surface area contributed by atoms with E-state index in [-0.39, 0.29) is 0 Å². The van der Waals surface area contributed by atoms with E-state index in [1.165, 1.54) is 19.4 Å². The van der Waals surface area contributed by atoms with E-state index in [0.29, 0.717) is 12.6 Å². The number of likely N-dealkylation sites (N-methyl/N-ethyl adjacent to an activating group) is 1. The molecule has 1 aliphatic rings. The highest BCUT2D eigenvalue weighted by atomic mass is 16.3. The van der Waals surface area contributed by atoms with Crippen LogP contribution in [0.5, 0.6) is 0 Å². The molecule has 2 unspecified atom stereocenters. The molecule has 2 rings (SSSR count). The molecular weight excluding hydrogens is 212 g/mol. The van der Waals surface area contributed by atoms with Crippen molar-refractivity contribution in [1.29, 1.82) is 0 Å². The molecule has 1 heterocycles. The monoisotopic (exact) mass is 234 g/mol. The third-order valence-corrected chi connectivity index (χ3v) is 3.57. The molecule has 0 radical (unpaired) electrons. The number of likely N-dealkylation sites (tertiary alicyclic amines) is 1. The molecule has 1 fully saturated rings. The first-order valence-electron chi connectivity index (χ1n) is 6.41. The molecule has 2 N–H and O–H groups in total. The Morgan fingerprint density at radius 2 is 2.18 bits per heavy atom. The van der Waals surface area contributed by atoms with E-state index < -0.39 is 6.10 Å². The smallest absolute Gasteiger partial charge is 0.0914 e. The predicted molar refractivity (Wildman–Crippen MR) is 69.9 cm³/mol. The van der Waals surface area contributed by atoms with Crippen LogP contribution in [0.2, 0.25) is 0 Å². The van der Waals surface area contributed by atoms with Gasteiger partial charge in [-0.05, 0) is 32.0 Å². The molecule has 17 heavy (non-hydrogen) atoms. The molecule has 0 spiro atoms. The number of aliphatic hydroxyl groups excluding tert-OH is 1. The lowest BCUT2D eigenvalue weighted by Crippen LogP contribution is -2.37. The molecule has 3 nitrogen and oxygen atoms in total. The number of nitrogens with one attached hydrogen (secondary N) is 1. The highest BCUT2D eigenvalue weighted by molar-refractivity contribution is 5.17. The summed E-state index contributed by atoms with van der Waals surface area (Å²) in [4.78, 5) is 2.39. The van der Waals surface area contributed by atoms with Gasteiger partial charge in [0.2, 0.25) is 0 Å². The van der Waals surface area contributed by atoms with Crippen molar-refractivity contribution in [2.24, 2.45) is 0 Å². The molecule has 1 aromatic carbocycles. The Labute approximate surface area is 103 Å². The molecule has 0 saturated carbocycles. The third kappa shape index (κ3) is 3.53. The third-order valence-electron chi connectivity index (χ3n) is 3.57. The van der Waals surface area contributed by atoms with Crippen LogP contribution in [-0.2, 0) is 0 Å². The van der Waals surface area contributed by atoms with Gasteiger partial charge in [-0.15, -0.1) is 0 Å². The van der Waals surface area contributed by atoms with Crippen LogP contribution in [0.3, 0.4) is 0 Å². The van der Waals surface area contributed by atoms with Crippen molar-refractivity contribution in [2.75, 3.05) is 26.7 Å². The second-order valence-electron chi connectivity index (χ2n) is 4.86. The van der Waals surface area contributed by atoms with Gasteiger partial charge in [0.15, 0.2) is 0 Å². The van der Waals surface area contributed by atoms with Crippen molar-refractivity contribution >= 4 is 0 Å². The van der Waals surface area contributed by atoms with Crippen LogP contribution in [0.25, 0.3) is 0 Å². The van der Waals surface area contributed by atoms with Gasteiger partial charge < -0.3 is 15.3 Å². The second-order valence-corrected chi connectivity index (χ2v) is 4.86. The molecule has 2 atom stereocenters. The summed E-state index contributed by atoms with van der Waals surface area (Å²) in [6.07, 6.45) is 2.16. The van der Waals surface area contributed by atoms with Crippen LogP contribution < -0.4 is 5.32 Å². The molecule has 1 saturated heterocycles. The van der Waals surface area contributed by atoms with Gasteiger partial charge >= 0.3 is 0 Å². The highest BCUT2D eigenvalue weighted by Gasteiger charge is 2.20. The normalized spacial score (nSPS) is 22.8. The fourth-order valence-electron chi connectivity index (χ4n) is 2.42. The molecule has 1 aliphatic heterocycles. The molecule has 94 valence electrons. The maximum absolute atomic E-state index is 9.98. The highest BCUT2D eigenvalue weighted by Crippen LogP contribution is 2.14. The quantitative estimate of drug-likeness (QED) is 0.808. The van der Waals surface area contributed by atoms with Gasteiger partial charge in [-0.2, -0.15) is 0 Å². The first kappa shape index (κ1) is 12.6. The average Bonchev–Trinajstić information content (AvgIpc) is 2.76. The summed E-state index contributed by atoms with van der Waals surface area (Å²) >= 11 is 0. The van der Waals surface area contributed by atoms with Gasteiger partial charge in [0.25, 0.3) is 0 Å². The second kappa shape index (κ2) is 6.15. The van der Waals surface area contributed by atoms with E-state index >= 15 is 0 Å². The summed E-state index contributed by atoms with van der Waals surface area (Å²) in [5, 5.41) is 13.3. The minimum Gasteiger partial charge on any atom is -0.387 e. The number of hydrogen-bond donors (Lipinski definition) is 2. The molecule has 0 aliphatic carbocycles. The van der Waals surface area contributed by atoms with Crippen molar-refractivity contribution in [3.05, 3.63) is 35.9 Å². The topological polar surface area (TPSA) is 35.5 Å². The van der Waals surface area contributed by atoms with E-state index in [0.717, 1.165) is 12.1 Å². The van der Waals surface area contributed by atoms with Crippen molar-refractivity contribution < 1.29 is 5.11 Å². The summed E-state index contributed by atoms with van der Waals surface area (Å²) < 4.78 is 0. The zero-order valence-electron chi connectivity index (χ0n) is 10.5. The Hall–Kier alpha value is -0.900. The molecule has 1 aromatic rings. The fourth-order valence-corrected chi connectivity index (χ4v) is 2.42. The molecule has 0 aromatic heterocycles. The first-order valence-corrected chi connectivity index (χ1v) is 6.41. The van der Waals surface area contributed by atoms with Crippen LogP contribution in [0.15, 0.2) is 30.3 Å². The van der Waals surface area contributed by atoms with Crippen LogP contribution in [-0.4, -0.2) is 42.7 Å². The van der Waals surface area contributed by atoms with Crippen molar-refractivity contribution in [3.63, 3.8) is 0 Å². The Morgan fingerprint density at radius 3 is 2.82 bits per heavy atom. The number of benzene rings is 1. The van der Waals surface area contributed by atoms with Gasteiger partial charge in [0, 0.05) is 19.1 Å². The van der Waals surface area contributed by atoms with Gasteiger partial charge in [-0.3, -0.25) is 0 Å². The van der Waals surface area contributed by atoms with E-state index in [1.807, 2.05) is 30.3 Å². The van der Waals surface area contributed by atoms with Crippen LogP contribution >= 0.6 is 0 Å².